The standard InChI is InChI=1S/C29H36N4O3S/c1-22-12-14-25(15-13-22)33(37(35)36)26(21-23-9-5-4-6-10-23)28(34)31-24-16-18-29(19-17-24,32(2)3)27-11-7-8-20-30-27/h4-15,20,24,26H,16-19,21H2,1-3H3,(H,31,34)(H,35,36). The number of hydrogen-bond acceptors (Lipinski definition) is 4. The summed E-state index contributed by atoms with van der Waals surface area (Å²) in [6.45, 7) is 1.96. The Morgan fingerprint density at radius 3 is 2.27 bits per heavy atom. The van der Waals surface area contributed by atoms with E-state index in [9.17, 15) is 13.6 Å². The van der Waals surface area contributed by atoms with Gasteiger partial charge in [-0.05, 0) is 76.5 Å². The van der Waals surface area contributed by atoms with Crippen LogP contribution in [0.4, 0.5) is 5.69 Å². The Bertz CT molecular complexity index is 1180. The first-order chi connectivity index (χ1) is 17.8. The number of aryl methyl sites for hydroxylation is 1. The van der Waals surface area contributed by atoms with Crippen molar-refractivity contribution in [3.05, 3.63) is 95.8 Å². The predicted octanol–water partition coefficient (Wildman–Crippen LogP) is 4.46. The van der Waals surface area contributed by atoms with Crippen LogP contribution in [0.15, 0.2) is 79.0 Å². The molecule has 196 valence electrons. The fourth-order valence-corrected chi connectivity index (χ4v) is 5.99. The van der Waals surface area contributed by atoms with Crippen LogP contribution in [0.2, 0.25) is 0 Å². The molecule has 0 aliphatic heterocycles. The summed E-state index contributed by atoms with van der Waals surface area (Å²) in [5.74, 6) is -0.244. The van der Waals surface area contributed by atoms with Crippen LogP contribution in [0.3, 0.4) is 0 Å². The zero-order chi connectivity index (χ0) is 26.4. The number of rotatable bonds is 9. The molecule has 8 heteroatoms. The van der Waals surface area contributed by atoms with Crippen LogP contribution in [0.1, 0.15) is 42.5 Å². The summed E-state index contributed by atoms with van der Waals surface area (Å²) in [5, 5.41) is 3.22. The van der Waals surface area contributed by atoms with Crippen molar-refractivity contribution in [1.29, 1.82) is 0 Å². The van der Waals surface area contributed by atoms with E-state index >= 15 is 0 Å². The van der Waals surface area contributed by atoms with Crippen molar-refractivity contribution in [1.82, 2.24) is 15.2 Å². The quantitative estimate of drug-likeness (QED) is 0.407. The summed E-state index contributed by atoms with van der Waals surface area (Å²) in [6, 6.07) is 22.1. The number of benzene rings is 2. The summed E-state index contributed by atoms with van der Waals surface area (Å²) in [7, 11) is 4.17. The van der Waals surface area contributed by atoms with E-state index in [4.69, 9.17) is 0 Å². The lowest BCUT2D eigenvalue weighted by Crippen LogP contribution is -2.54. The molecule has 0 bridgehead atoms. The Balaban J connectivity index is 1.55. The SMILES string of the molecule is Cc1ccc(N(C(Cc2ccccc2)C(=O)NC2CCC(c3ccccn3)(N(C)C)CC2)S(=O)O)cc1. The smallest absolute Gasteiger partial charge is 0.262 e. The predicted molar refractivity (Wildman–Crippen MR) is 148 cm³/mol. The minimum Gasteiger partial charge on any atom is -0.352 e. The van der Waals surface area contributed by atoms with Crippen molar-refractivity contribution in [3.8, 4) is 0 Å². The van der Waals surface area contributed by atoms with Gasteiger partial charge >= 0.3 is 0 Å². The second-order valence-corrected chi connectivity index (χ2v) is 10.9. The fraction of sp³-hybridized carbons (Fsp3) is 0.379. The van der Waals surface area contributed by atoms with Crippen molar-refractivity contribution >= 4 is 22.9 Å². The van der Waals surface area contributed by atoms with Gasteiger partial charge in [0.05, 0.1) is 16.9 Å². The van der Waals surface area contributed by atoms with Crippen LogP contribution < -0.4 is 9.62 Å². The molecule has 2 unspecified atom stereocenters. The molecule has 0 saturated heterocycles. The third kappa shape index (κ3) is 6.26. The van der Waals surface area contributed by atoms with E-state index in [1.54, 1.807) is 12.1 Å². The zero-order valence-electron chi connectivity index (χ0n) is 21.7. The van der Waals surface area contributed by atoms with Crippen LogP contribution in [0, 0.1) is 6.92 Å². The van der Waals surface area contributed by atoms with Crippen molar-refractivity contribution in [2.24, 2.45) is 0 Å². The lowest BCUT2D eigenvalue weighted by molar-refractivity contribution is -0.123. The summed E-state index contributed by atoms with van der Waals surface area (Å²) < 4.78 is 24.2. The molecule has 2 atom stereocenters. The average Bonchev–Trinajstić information content (AvgIpc) is 2.90. The average molecular weight is 521 g/mol. The van der Waals surface area contributed by atoms with E-state index < -0.39 is 17.3 Å². The molecule has 0 spiro atoms. The number of nitrogens with one attached hydrogen (secondary N) is 1. The molecular formula is C29H36N4O3S. The largest absolute Gasteiger partial charge is 0.352 e. The second kappa shape index (κ2) is 12.0. The maximum atomic E-state index is 13.7. The maximum Gasteiger partial charge on any atom is 0.262 e. The lowest BCUT2D eigenvalue weighted by atomic mass is 9.76. The van der Waals surface area contributed by atoms with Gasteiger partial charge in [-0.15, -0.1) is 0 Å². The van der Waals surface area contributed by atoms with E-state index in [1.807, 2.05) is 67.7 Å². The highest BCUT2D eigenvalue weighted by Gasteiger charge is 2.41. The summed E-state index contributed by atoms with van der Waals surface area (Å²) in [5.41, 5.74) is 3.37. The van der Waals surface area contributed by atoms with Gasteiger partial charge in [0.15, 0.2) is 0 Å². The number of carbonyl (C=O) groups is 1. The number of pyridine rings is 1. The fourth-order valence-electron chi connectivity index (χ4n) is 5.30. The first-order valence-corrected chi connectivity index (χ1v) is 13.8. The van der Waals surface area contributed by atoms with Gasteiger partial charge in [0.2, 0.25) is 5.91 Å². The number of hydrogen-bond donors (Lipinski definition) is 2. The molecule has 37 heavy (non-hydrogen) atoms. The van der Waals surface area contributed by atoms with Gasteiger partial charge in [-0.2, -0.15) is 0 Å². The number of anilines is 1. The number of nitrogens with zero attached hydrogens (tertiary/aromatic N) is 3. The van der Waals surface area contributed by atoms with E-state index in [1.165, 1.54) is 4.31 Å². The van der Waals surface area contributed by atoms with Crippen LogP contribution in [0.25, 0.3) is 0 Å². The third-order valence-corrected chi connectivity index (χ3v) is 8.27. The molecule has 1 fully saturated rings. The molecule has 1 aliphatic carbocycles. The van der Waals surface area contributed by atoms with Gasteiger partial charge in [-0.3, -0.25) is 23.5 Å². The third-order valence-electron chi connectivity index (χ3n) is 7.47. The summed E-state index contributed by atoms with van der Waals surface area (Å²) in [6.07, 6.45) is 5.46. The Hall–Kier alpha value is -3.07. The van der Waals surface area contributed by atoms with Crippen molar-refractivity contribution in [2.45, 2.75) is 56.7 Å². The highest BCUT2D eigenvalue weighted by atomic mass is 32.2. The molecule has 1 amide bonds. The Morgan fingerprint density at radius 2 is 1.70 bits per heavy atom. The molecule has 1 saturated carbocycles. The van der Waals surface area contributed by atoms with Gasteiger partial charge in [-0.25, -0.2) is 4.21 Å². The molecule has 0 radical (unpaired) electrons. The Kier molecular flexibility index (Phi) is 8.74. The van der Waals surface area contributed by atoms with Crippen molar-refractivity contribution in [2.75, 3.05) is 18.4 Å². The number of aromatic nitrogens is 1. The monoisotopic (exact) mass is 520 g/mol. The molecule has 4 rings (SSSR count). The highest BCUT2D eigenvalue weighted by molar-refractivity contribution is 7.80. The molecular weight excluding hydrogens is 484 g/mol. The second-order valence-electron chi connectivity index (χ2n) is 10.0. The van der Waals surface area contributed by atoms with E-state index in [2.05, 4.69) is 35.4 Å². The molecule has 1 aromatic heterocycles. The van der Waals surface area contributed by atoms with Crippen LogP contribution in [-0.2, 0) is 28.0 Å². The molecule has 2 N–H and O–H groups in total. The topological polar surface area (TPSA) is 85.8 Å². The molecule has 2 aromatic carbocycles. The van der Waals surface area contributed by atoms with Gasteiger partial charge in [0, 0.05) is 18.7 Å². The highest BCUT2D eigenvalue weighted by Crippen LogP contribution is 2.40. The normalized spacial score (nSPS) is 21.3. The van der Waals surface area contributed by atoms with Crippen LogP contribution >= 0.6 is 0 Å². The summed E-state index contributed by atoms with van der Waals surface area (Å²) >= 11 is -2.38. The van der Waals surface area contributed by atoms with Crippen LogP contribution in [0.5, 0.6) is 0 Å². The minimum atomic E-state index is -2.38. The lowest BCUT2D eigenvalue weighted by Gasteiger charge is -2.45. The van der Waals surface area contributed by atoms with E-state index in [0.717, 1.165) is 42.5 Å². The van der Waals surface area contributed by atoms with Gasteiger partial charge < -0.3 is 5.32 Å². The van der Waals surface area contributed by atoms with Crippen molar-refractivity contribution < 1.29 is 13.6 Å². The maximum absolute atomic E-state index is 13.7. The number of amides is 1. The molecule has 1 aliphatic rings. The molecule has 7 nitrogen and oxygen atoms in total. The van der Waals surface area contributed by atoms with Gasteiger partial charge in [0.1, 0.15) is 6.04 Å². The first kappa shape index (κ1) is 27.0. The van der Waals surface area contributed by atoms with Gasteiger partial charge in [-0.1, -0.05) is 54.1 Å². The van der Waals surface area contributed by atoms with Crippen molar-refractivity contribution in [3.63, 3.8) is 0 Å². The minimum absolute atomic E-state index is 0.0189. The Morgan fingerprint density at radius 1 is 1.05 bits per heavy atom. The zero-order valence-corrected chi connectivity index (χ0v) is 22.5. The molecule has 1 heterocycles. The number of carbonyl (C=O) groups excluding carboxylic acids is 1. The van der Waals surface area contributed by atoms with E-state index in [-0.39, 0.29) is 17.5 Å². The van der Waals surface area contributed by atoms with Crippen LogP contribution in [-0.4, -0.2) is 50.7 Å². The molecule has 3 aromatic rings. The first-order valence-electron chi connectivity index (χ1n) is 12.7. The Labute approximate surface area is 222 Å². The van der Waals surface area contributed by atoms with Gasteiger partial charge in [0.25, 0.3) is 11.3 Å². The summed E-state index contributed by atoms with van der Waals surface area (Å²) in [4.78, 5) is 20.6. The van der Waals surface area contributed by atoms with E-state index in [0.29, 0.717) is 12.1 Å².